The van der Waals surface area contributed by atoms with Gasteiger partial charge in [0.2, 0.25) is 0 Å². The van der Waals surface area contributed by atoms with E-state index in [4.69, 9.17) is 5.11 Å². The maximum absolute atomic E-state index is 12.4. The number of aryl methyl sites for hydroxylation is 1. The van der Waals surface area contributed by atoms with Crippen molar-refractivity contribution >= 4 is 0 Å². The van der Waals surface area contributed by atoms with Crippen molar-refractivity contribution in [1.82, 2.24) is 4.98 Å². The number of hydrogen-bond donors (Lipinski definition) is 1. The van der Waals surface area contributed by atoms with E-state index < -0.39 is 11.9 Å². The highest BCUT2D eigenvalue weighted by molar-refractivity contribution is 5.67. The average Bonchev–Trinajstić information content (AvgIpc) is 2.38. The molecule has 0 unspecified atom stereocenters. The normalized spacial score (nSPS) is 11.6. The number of aromatic nitrogens is 1. The smallest absolute Gasteiger partial charge is 0.392 e. The van der Waals surface area contributed by atoms with Gasteiger partial charge in [0, 0.05) is 11.8 Å². The molecule has 0 bridgehead atoms. The minimum atomic E-state index is -4.43. The average molecular weight is 267 g/mol. The number of benzene rings is 1. The van der Waals surface area contributed by atoms with Crippen LogP contribution in [-0.2, 0) is 12.8 Å². The number of alkyl halides is 3. The van der Waals surface area contributed by atoms with Crippen molar-refractivity contribution in [2.75, 3.05) is 0 Å². The molecular weight excluding hydrogens is 255 g/mol. The molecule has 0 amide bonds. The molecule has 0 atom stereocenters. The van der Waals surface area contributed by atoms with E-state index in [0.717, 1.165) is 17.2 Å². The summed E-state index contributed by atoms with van der Waals surface area (Å²) in [4.78, 5) is 3.44. The van der Waals surface area contributed by atoms with Gasteiger partial charge in [-0.1, -0.05) is 18.2 Å². The Labute approximate surface area is 108 Å². The third-order valence-electron chi connectivity index (χ3n) is 2.85. The Bertz CT molecular complexity index is 576. The Morgan fingerprint density at radius 3 is 2.42 bits per heavy atom. The highest BCUT2D eigenvalue weighted by Crippen LogP contribution is 2.30. The molecule has 0 fully saturated rings. The zero-order valence-corrected chi connectivity index (χ0v) is 10.2. The van der Waals surface area contributed by atoms with E-state index in [-0.39, 0.29) is 6.61 Å². The summed E-state index contributed by atoms with van der Waals surface area (Å²) >= 11 is 0. The van der Waals surface area contributed by atoms with Crippen LogP contribution in [0.2, 0.25) is 0 Å². The molecule has 0 aliphatic rings. The van der Waals surface area contributed by atoms with Crippen LogP contribution in [0.3, 0.4) is 0 Å². The minimum Gasteiger partial charge on any atom is -0.392 e. The SMILES string of the molecule is Cc1ccc(CO)cc1-c1ccc(C(F)(F)F)nc1. The van der Waals surface area contributed by atoms with Crippen LogP contribution in [0.25, 0.3) is 11.1 Å². The molecule has 0 saturated heterocycles. The molecule has 0 saturated carbocycles. The fraction of sp³-hybridized carbons (Fsp3) is 0.214. The largest absolute Gasteiger partial charge is 0.433 e. The standard InChI is InChI=1S/C14H12F3NO/c1-9-2-3-10(8-19)6-12(9)11-4-5-13(18-7-11)14(15,16)17/h2-7,19H,8H2,1H3. The van der Waals surface area contributed by atoms with Crippen molar-refractivity contribution in [2.24, 2.45) is 0 Å². The van der Waals surface area contributed by atoms with Gasteiger partial charge in [-0.25, -0.2) is 0 Å². The minimum absolute atomic E-state index is 0.110. The van der Waals surface area contributed by atoms with E-state index in [9.17, 15) is 13.2 Å². The molecule has 2 rings (SSSR count). The second-order valence-electron chi connectivity index (χ2n) is 4.24. The Hall–Kier alpha value is -1.88. The lowest BCUT2D eigenvalue weighted by Crippen LogP contribution is -2.07. The number of aliphatic hydroxyl groups excluding tert-OH is 1. The van der Waals surface area contributed by atoms with Gasteiger partial charge in [0.1, 0.15) is 5.69 Å². The lowest BCUT2D eigenvalue weighted by molar-refractivity contribution is -0.141. The fourth-order valence-electron chi connectivity index (χ4n) is 1.80. The van der Waals surface area contributed by atoms with Gasteiger partial charge in [-0.2, -0.15) is 13.2 Å². The van der Waals surface area contributed by atoms with Crippen LogP contribution >= 0.6 is 0 Å². The Morgan fingerprint density at radius 1 is 1.16 bits per heavy atom. The third-order valence-corrected chi connectivity index (χ3v) is 2.85. The van der Waals surface area contributed by atoms with Gasteiger partial charge in [0.05, 0.1) is 6.61 Å². The van der Waals surface area contributed by atoms with Crippen LogP contribution in [0, 0.1) is 6.92 Å². The maximum Gasteiger partial charge on any atom is 0.433 e. The summed E-state index contributed by atoms with van der Waals surface area (Å²) in [6.45, 7) is 1.75. The van der Waals surface area contributed by atoms with E-state index in [1.165, 1.54) is 12.3 Å². The summed E-state index contributed by atoms with van der Waals surface area (Å²) in [7, 11) is 0. The van der Waals surface area contributed by atoms with Crippen molar-refractivity contribution < 1.29 is 18.3 Å². The predicted octanol–water partition coefficient (Wildman–Crippen LogP) is 3.57. The highest BCUT2D eigenvalue weighted by atomic mass is 19.4. The summed E-state index contributed by atoms with van der Waals surface area (Å²) in [5.74, 6) is 0. The van der Waals surface area contributed by atoms with Gasteiger partial charge < -0.3 is 5.11 Å². The van der Waals surface area contributed by atoms with Crippen molar-refractivity contribution in [2.45, 2.75) is 19.7 Å². The summed E-state index contributed by atoms with van der Waals surface area (Å²) in [6, 6.07) is 7.69. The number of rotatable bonds is 2. The molecule has 1 aromatic heterocycles. The Morgan fingerprint density at radius 2 is 1.89 bits per heavy atom. The molecule has 0 aliphatic heterocycles. The van der Waals surface area contributed by atoms with Crippen LogP contribution in [-0.4, -0.2) is 10.1 Å². The first-order valence-corrected chi connectivity index (χ1v) is 5.66. The van der Waals surface area contributed by atoms with Gasteiger partial charge >= 0.3 is 6.18 Å². The van der Waals surface area contributed by atoms with Gasteiger partial charge in [0.15, 0.2) is 0 Å². The van der Waals surface area contributed by atoms with Gasteiger partial charge in [-0.15, -0.1) is 0 Å². The molecular formula is C14H12F3NO. The molecule has 1 N–H and O–H groups in total. The molecule has 5 heteroatoms. The zero-order valence-electron chi connectivity index (χ0n) is 10.2. The second-order valence-corrected chi connectivity index (χ2v) is 4.24. The molecule has 0 radical (unpaired) electrons. The molecule has 0 spiro atoms. The van der Waals surface area contributed by atoms with Crippen LogP contribution < -0.4 is 0 Å². The summed E-state index contributed by atoms with van der Waals surface area (Å²) < 4.78 is 37.3. The van der Waals surface area contributed by atoms with E-state index in [2.05, 4.69) is 4.98 Å². The van der Waals surface area contributed by atoms with Gasteiger partial charge in [0.25, 0.3) is 0 Å². The molecule has 0 aliphatic carbocycles. The van der Waals surface area contributed by atoms with E-state index >= 15 is 0 Å². The Balaban J connectivity index is 2.42. The molecule has 100 valence electrons. The number of nitrogens with zero attached hydrogens (tertiary/aromatic N) is 1. The quantitative estimate of drug-likeness (QED) is 0.902. The number of aliphatic hydroxyl groups is 1. The topological polar surface area (TPSA) is 33.1 Å². The first-order chi connectivity index (χ1) is 8.91. The molecule has 2 aromatic rings. The summed E-state index contributed by atoms with van der Waals surface area (Å²) in [6.07, 6.45) is -3.23. The Kier molecular flexibility index (Phi) is 3.57. The van der Waals surface area contributed by atoms with Crippen molar-refractivity contribution in [3.8, 4) is 11.1 Å². The molecule has 19 heavy (non-hydrogen) atoms. The lowest BCUT2D eigenvalue weighted by Gasteiger charge is -2.10. The third kappa shape index (κ3) is 2.93. The number of halogens is 3. The van der Waals surface area contributed by atoms with Gasteiger partial charge in [-0.05, 0) is 35.7 Å². The van der Waals surface area contributed by atoms with E-state index in [0.29, 0.717) is 11.1 Å². The van der Waals surface area contributed by atoms with Crippen molar-refractivity contribution in [3.05, 3.63) is 53.3 Å². The lowest BCUT2D eigenvalue weighted by atomic mass is 9.99. The number of hydrogen-bond acceptors (Lipinski definition) is 2. The molecule has 1 heterocycles. The second kappa shape index (κ2) is 5.01. The molecule has 2 nitrogen and oxygen atoms in total. The first kappa shape index (κ1) is 13.5. The van der Waals surface area contributed by atoms with Gasteiger partial charge in [-0.3, -0.25) is 4.98 Å². The highest BCUT2D eigenvalue weighted by Gasteiger charge is 2.32. The van der Waals surface area contributed by atoms with E-state index in [1.807, 2.05) is 13.0 Å². The zero-order chi connectivity index (χ0) is 14.0. The maximum atomic E-state index is 12.4. The van der Waals surface area contributed by atoms with Crippen LogP contribution in [0.5, 0.6) is 0 Å². The van der Waals surface area contributed by atoms with Crippen LogP contribution in [0.1, 0.15) is 16.8 Å². The van der Waals surface area contributed by atoms with Crippen molar-refractivity contribution in [1.29, 1.82) is 0 Å². The predicted molar refractivity (Wildman–Crippen MR) is 65.3 cm³/mol. The first-order valence-electron chi connectivity index (χ1n) is 5.66. The van der Waals surface area contributed by atoms with Crippen LogP contribution in [0.4, 0.5) is 13.2 Å². The van der Waals surface area contributed by atoms with Crippen LogP contribution in [0.15, 0.2) is 36.5 Å². The molecule has 1 aromatic carbocycles. The summed E-state index contributed by atoms with van der Waals surface area (Å²) in [5, 5.41) is 9.09. The van der Waals surface area contributed by atoms with Crippen molar-refractivity contribution in [3.63, 3.8) is 0 Å². The monoisotopic (exact) mass is 267 g/mol. The number of pyridine rings is 1. The summed E-state index contributed by atoms with van der Waals surface area (Å²) in [5.41, 5.74) is 2.08. The van der Waals surface area contributed by atoms with E-state index in [1.54, 1.807) is 12.1 Å². The fourth-order valence-corrected chi connectivity index (χ4v) is 1.80.